The molecule has 1 N–H and O–H groups in total. The predicted octanol–water partition coefficient (Wildman–Crippen LogP) is 1.50. The van der Waals surface area contributed by atoms with Crippen LogP contribution in [0, 0.1) is 22.7 Å². The van der Waals surface area contributed by atoms with E-state index in [0.717, 1.165) is 0 Å². The fraction of sp³-hybridized carbons (Fsp3) is 0.300. The lowest BCUT2D eigenvalue weighted by atomic mass is 10.3. The Balaban J connectivity index is 4.84. The van der Waals surface area contributed by atoms with Gasteiger partial charge < -0.3 is 5.32 Å². The smallest absolute Gasteiger partial charge is 0.174 e. The number of aliphatic imine (C=N–C) groups is 1. The number of nitriles is 2. The molecule has 0 aliphatic heterocycles. The van der Waals surface area contributed by atoms with Crippen LogP contribution in [0.5, 0.6) is 0 Å². The topological polar surface area (TPSA) is 72.0 Å². The average Bonchev–Trinajstić information content (AvgIpc) is 2.22. The Morgan fingerprint density at radius 2 is 2.14 bits per heavy atom. The van der Waals surface area contributed by atoms with Crippen molar-refractivity contribution in [2.75, 3.05) is 6.54 Å². The third kappa shape index (κ3) is 4.08. The molecule has 0 radical (unpaired) electrons. The van der Waals surface area contributed by atoms with Crippen molar-refractivity contribution in [2.45, 2.75) is 13.8 Å². The second-order valence-corrected chi connectivity index (χ2v) is 2.28. The number of hydrogen-bond acceptors (Lipinski definition) is 4. The molecule has 0 bridgehead atoms. The standard InChI is InChI=1S/C10H12N4/c1-3-5-6-14-10(8-12)9(7-11)13-4-2/h3,5-6,13H,4H2,1-2H3/b5-3+,10-9-,14-6-. The van der Waals surface area contributed by atoms with Gasteiger partial charge in [0.1, 0.15) is 12.1 Å². The number of hydrogen-bond donors (Lipinski definition) is 1. The maximum atomic E-state index is 8.72. The molecule has 4 nitrogen and oxygen atoms in total. The van der Waals surface area contributed by atoms with Crippen molar-refractivity contribution in [3.8, 4) is 12.1 Å². The first kappa shape index (κ1) is 11.9. The largest absolute Gasteiger partial charge is 0.374 e. The lowest BCUT2D eigenvalue weighted by Crippen LogP contribution is -2.12. The van der Waals surface area contributed by atoms with Crippen LogP contribution in [0.3, 0.4) is 0 Å². The maximum Gasteiger partial charge on any atom is 0.174 e. The summed E-state index contributed by atoms with van der Waals surface area (Å²) < 4.78 is 0. The second kappa shape index (κ2) is 7.57. The predicted molar refractivity (Wildman–Crippen MR) is 55.2 cm³/mol. The number of nitrogens with zero attached hydrogens (tertiary/aromatic N) is 3. The van der Waals surface area contributed by atoms with E-state index in [-0.39, 0.29) is 11.4 Å². The molecule has 0 spiro atoms. The van der Waals surface area contributed by atoms with Crippen LogP contribution in [0.1, 0.15) is 13.8 Å². The summed E-state index contributed by atoms with van der Waals surface area (Å²) in [6, 6.07) is 3.75. The van der Waals surface area contributed by atoms with Crippen LogP contribution in [-0.4, -0.2) is 12.8 Å². The zero-order valence-corrected chi connectivity index (χ0v) is 8.28. The van der Waals surface area contributed by atoms with Crippen molar-refractivity contribution >= 4 is 6.21 Å². The SMILES string of the molecule is C/C=C/C=N\C(C#N)=C(\C#N)NCC. The van der Waals surface area contributed by atoms with E-state index in [4.69, 9.17) is 10.5 Å². The first-order valence-electron chi connectivity index (χ1n) is 4.23. The van der Waals surface area contributed by atoms with Crippen molar-refractivity contribution < 1.29 is 0 Å². The van der Waals surface area contributed by atoms with Crippen LogP contribution in [0.2, 0.25) is 0 Å². The Morgan fingerprint density at radius 1 is 1.43 bits per heavy atom. The van der Waals surface area contributed by atoms with Gasteiger partial charge >= 0.3 is 0 Å². The molecular weight excluding hydrogens is 176 g/mol. The van der Waals surface area contributed by atoms with Crippen LogP contribution >= 0.6 is 0 Å². The molecule has 0 aliphatic carbocycles. The minimum atomic E-state index is 0.104. The Bertz CT molecular complexity index is 336. The molecular formula is C10H12N4. The van der Waals surface area contributed by atoms with Gasteiger partial charge in [0.15, 0.2) is 11.4 Å². The van der Waals surface area contributed by atoms with Crippen LogP contribution in [-0.2, 0) is 0 Å². The highest BCUT2D eigenvalue weighted by atomic mass is 14.9. The van der Waals surface area contributed by atoms with Gasteiger partial charge in [0.2, 0.25) is 0 Å². The van der Waals surface area contributed by atoms with E-state index < -0.39 is 0 Å². The minimum absolute atomic E-state index is 0.104. The third-order valence-electron chi connectivity index (χ3n) is 1.29. The van der Waals surface area contributed by atoms with Gasteiger partial charge in [-0.15, -0.1) is 0 Å². The van der Waals surface area contributed by atoms with Crippen molar-refractivity contribution in [1.82, 2.24) is 5.32 Å². The Labute approximate surface area is 83.9 Å². The van der Waals surface area contributed by atoms with Gasteiger partial charge in [-0.05, 0) is 19.9 Å². The number of allylic oxidation sites excluding steroid dienone is 4. The van der Waals surface area contributed by atoms with E-state index in [2.05, 4.69) is 10.3 Å². The van der Waals surface area contributed by atoms with Crippen LogP contribution in [0.4, 0.5) is 0 Å². The van der Waals surface area contributed by atoms with Crippen molar-refractivity contribution in [3.63, 3.8) is 0 Å². The summed E-state index contributed by atoms with van der Waals surface area (Å²) in [5.74, 6) is 0. The number of rotatable bonds is 4. The molecule has 0 fully saturated rings. The summed E-state index contributed by atoms with van der Waals surface area (Å²) in [5, 5.41) is 20.2. The summed E-state index contributed by atoms with van der Waals surface area (Å²) in [6.45, 7) is 4.28. The van der Waals surface area contributed by atoms with E-state index >= 15 is 0 Å². The van der Waals surface area contributed by atoms with Crippen molar-refractivity contribution in [1.29, 1.82) is 10.5 Å². The van der Waals surface area contributed by atoms with Gasteiger partial charge in [0.25, 0.3) is 0 Å². The van der Waals surface area contributed by atoms with Crippen molar-refractivity contribution in [3.05, 3.63) is 23.5 Å². The molecule has 0 aromatic heterocycles. The molecule has 0 saturated carbocycles. The molecule has 0 rings (SSSR count). The number of nitrogens with one attached hydrogen (secondary N) is 1. The van der Waals surface area contributed by atoms with E-state index in [9.17, 15) is 0 Å². The van der Waals surface area contributed by atoms with Gasteiger partial charge in [0, 0.05) is 12.8 Å². The Kier molecular flexibility index (Phi) is 6.45. The third-order valence-corrected chi connectivity index (χ3v) is 1.29. The summed E-state index contributed by atoms with van der Waals surface area (Å²) >= 11 is 0. The van der Waals surface area contributed by atoms with Gasteiger partial charge in [0.05, 0.1) is 0 Å². The normalized spacial score (nSPS) is 12.3. The average molecular weight is 188 g/mol. The summed E-state index contributed by atoms with van der Waals surface area (Å²) in [4.78, 5) is 3.84. The summed E-state index contributed by atoms with van der Waals surface area (Å²) in [6.07, 6.45) is 4.96. The van der Waals surface area contributed by atoms with Gasteiger partial charge in [-0.25, -0.2) is 4.99 Å². The lowest BCUT2D eigenvalue weighted by Gasteiger charge is -1.98. The van der Waals surface area contributed by atoms with Crippen molar-refractivity contribution in [2.24, 2.45) is 4.99 Å². The summed E-state index contributed by atoms with van der Waals surface area (Å²) in [7, 11) is 0. The summed E-state index contributed by atoms with van der Waals surface area (Å²) in [5.41, 5.74) is 0.309. The zero-order valence-electron chi connectivity index (χ0n) is 8.28. The van der Waals surface area contributed by atoms with E-state index in [1.54, 1.807) is 12.2 Å². The fourth-order valence-electron chi connectivity index (χ4n) is 0.706. The molecule has 0 saturated heterocycles. The molecule has 0 aromatic carbocycles. The van der Waals surface area contributed by atoms with Gasteiger partial charge in [-0.2, -0.15) is 10.5 Å². The molecule has 0 heterocycles. The van der Waals surface area contributed by atoms with E-state index in [1.165, 1.54) is 6.21 Å². The molecule has 0 amide bonds. The van der Waals surface area contributed by atoms with Crippen LogP contribution in [0.15, 0.2) is 28.5 Å². The molecule has 0 unspecified atom stereocenters. The monoisotopic (exact) mass is 188 g/mol. The quantitative estimate of drug-likeness (QED) is 0.536. The highest BCUT2D eigenvalue weighted by Crippen LogP contribution is 2.00. The fourth-order valence-corrected chi connectivity index (χ4v) is 0.706. The van der Waals surface area contributed by atoms with Crippen LogP contribution in [0.25, 0.3) is 0 Å². The molecule has 0 aliphatic rings. The second-order valence-electron chi connectivity index (χ2n) is 2.28. The highest BCUT2D eigenvalue weighted by molar-refractivity contribution is 5.72. The Hall–Kier alpha value is -2.07. The van der Waals surface area contributed by atoms with Gasteiger partial charge in [-0.3, -0.25) is 0 Å². The molecule has 72 valence electrons. The van der Waals surface area contributed by atoms with Crippen LogP contribution < -0.4 is 5.32 Å². The Morgan fingerprint density at radius 3 is 2.57 bits per heavy atom. The highest BCUT2D eigenvalue weighted by Gasteiger charge is 2.01. The minimum Gasteiger partial charge on any atom is -0.374 e. The van der Waals surface area contributed by atoms with E-state index in [1.807, 2.05) is 26.0 Å². The lowest BCUT2D eigenvalue weighted by molar-refractivity contribution is 0.871. The first-order valence-corrected chi connectivity index (χ1v) is 4.23. The molecule has 0 atom stereocenters. The zero-order chi connectivity index (χ0) is 10.8. The van der Waals surface area contributed by atoms with E-state index in [0.29, 0.717) is 6.54 Å². The molecule has 4 heteroatoms. The van der Waals surface area contributed by atoms with Gasteiger partial charge in [-0.1, -0.05) is 6.08 Å². The first-order chi connectivity index (χ1) is 6.79. The maximum absolute atomic E-state index is 8.72. The molecule has 0 aromatic rings. The molecule has 14 heavy (non-hydrogen) atoms.